The Morgan fingerprint density at radius 3 is 2.53 bits per heavy atom. The second kappa shape index (κ2) is 7.28. The van der Waals surface area contributed by atoms with Crippen molar-refractivity contribution in [3.8, 4) is 0 Å². The number of aromatic nitrogens is 1. The van der Waals surface area contributed by atoms with Gasteiger partial charge in [0, 0.05) is 25.3 Å². The number of hydrogen-bond acceptors (Lipinski definition) is 3. The highest BCUT2D eigenvalue weighted by Gasteiger charge is 2.07. The second-order valence-corrected chi connectivity index (χ2v) is 4.29. The molecule has 0 atom stereocenters. The van der Waals surface area contributed by atoms with E-state index in [0.29, 0.717) is 0 Å². The van der Waals surface area contributed by atoms with Crippen LogP contribution < -0.4 is 10.2 Å². The van der Waals surface area contributed by atoms with Crippen LogP contribution in [0.2, 0.25) is 0 Å². The monoisotopic (exact) mass is 235 g/mol. The highest BCUT2D eigenvalue weighted by molar-refractivity contribution is 5.42. The average molecular weight is 235 g/mol. The molecule has 0 fully saturated rings. The largest absolute Gasteiger partial charge is 0.357 e. The number of aryl methyl sites for hydroxylation is 1. The lowest BCUT2D eigenvalue weighted by atomic mass is 10.2. The molecule has 0 aliphatic carbocycles. The molecule has 3 nitrogen and oxygen atoms in total. The Kier molecular flexibility index (Phi) is 5.98. The highest BCUT2D eigenvalue weighted by Crippen LogP contribution is 2.16. The Bertz CT molecular complexity index is 336. The van der Waals surface area contributed by atoms with Gasteiger partial charge in [-0.25, -0.2) is 4.98 Å². The molecule has 17 heavy (non-hydrogen) atoms. The van der Waals surface area contributed by atoms with Crippen LogP contribution in [-0.2, 0) is 13.0 Å². The van der Waals surface area contributed by atoms with Crippen LogP contribution >= 0.6 is 0 Å². The predicted molar refractivity (Wildman–Crippen MR) is 74.6 cm³/mol. The standard InChI is InChI=1S/C14H25N3/c1-5-8-17(7-3)14-10-12(11-15-4)9-13(6-2)16-14/h9-10,15H,5-8,11H2,1-4H3. The first-order chi connectivity index (χ1) is 8.24. The summed E-state index contributed by atoms with van der Waals surface area (Å²) in [5.41, 5.74) is 2.51. The summed E-state index contributed by atoms with van der Waals surface area (Å²) in [7, 11) is 1.98. The number of rotatable bonds is 7. The third kappa shape index (κ3) is 4.00. The van der Waals surface area contributed by atoms with Crippen LogP contribution in [0.15, 0.2) is 12.1 Å². The summed E-state index contributed by atoms with van der Waals surface area (Å²) in [5, 5.41) is 3.21. The zero-order chi connectivity index (χ0) is 12.7. The number of anilines is 1. The zero-order valence-corrected chi connectivity index (χ0v) is 11.6. The molecule has 1 aromatic rings. The maximum Gasteiger partial charge on any atom is 0.129 e. The van der Waals surface area contributed by atoms with Crippen molar-refractivity contribution in [3.05, 3.63) is 23.4 Å². The van der Waals surface area contributed by atoms with Crippen LogP contribution in [0.1, 0.15) is 38.4 Å². The average Bonchev–Trinajstić information content (AvgIpc) is 2.35. The molecule has 0 saturated carbocycles. The zero-order valence-electron chi connectivity index (χ0n) is 11.6. The number of nitrogens with one attached hydrogen (secondary N) is 1. The van der Waals surface area contributed by atoms with Crippen LogP contribution in [-0.4, -0.2) is 25.1 Å². The van der Waals surface area contributed by atoms with E-state index in [1.165, 1.54) is 11.3 Å². The lowest BCUT2D eigenvalue weighted by Crippen LogP contribution is -2.25. The third-order valence-electron chi connectivity index (χ3n) is 2.87. The van der Waals surface area contributed by atoms with E-state index in [-0.39, 0.29) is 0 Å². The van der Waals surface area contributed by atoms with Gasteiger partial charge in [-0.3, -0.25) is 0 Å². The van der Waals surface area contributed by atoms with Crippen molar-refractivity contribution in [2.75, 3.05) is 25.0 Å². The molecule has 96 valence electrons. The Balaban J connectivity index is 2.99. The first kappa shape index (κ1) is 14.0. The summed E-state index contributed by atoms with van der Waals surface area (Å²) in [4.78, 5) is 7.07. The molecule has 3 heteroatoms. The second-order valence-electron chi connectivity index (χ2n) is 4.29. The van der Waals surface area contributed by atoms with Gasteiger partial charge in [0.05, 0.1) is 0 Å². The molecular weight excluding hydrogens is 210 g/mol. The molecule has 0 spiro atoms. The van der Waals surface area contributed by atoms with Gasteiger partial charge in [0.15, 0.2) is 0 Å². The SMILES string of the molecule is CCCN(CC)c1cc(CNC)cc(CC)n1. The quantitative estimate of drug-likeness (QED) is 0.787. The van der Waals surface area contributed by atoms with Gasteiger partial charge in [-0.2, -0.15) is 0 Å². The van der Waals surface area contributed by atoms with Crippen molar-refractivity contribution in [1.82, 2.24) is 10.3 Å². The maximum absolute atomic E-state index is 4.72. The molecule has 1 aromatic heterocycles. The van der Waals surface area contributed by atoms with E-state index in [9.17, 15) is 0 Å². The Morgan fingerprint density at radius 2 is 2.00 bits per heavy atom. The molecule has 0 aliphatic heterocycles. The predicted octanol–water partition coefficient (Wildman–Crippen LogP) is 2.60. The van der Waals surface area contributed by atoms with Crippen molar-refractivity contribution in [2.45, 2.75) is 40.2 Å². The minimum Gasteiger partial charge on any atom is -0.357 e. The van der Waals surface area contributed by atoms with Crippen LogP contribution in [0.25, 0.3) is 0 Å². The van der Waals surface area contributed by atoms with E-state index in [1.54, 1.807) is 0 Å². The number of hydrogen-bond donors (Lipinski definition) is 1. The van der Waals surface area contributed by atoms with Gasteiger partial charge >= 0.3 is 0 Å². The van der Waals surface area contributed by atoms with Crippen molar-refractivity contribution < 1.29 is 0 Å². The van der Waals surface area contributed by atoms with Gasteiger partial charge in [0.1, 0.15) is 5.82 Å². The van der Waals surface area contributed by atoms with E-state index >= 15 is 0 Å². The van der Waals surface area contributed by atoms with E-state index in [1.807, 2.05) is 7.05 Å². The van der Waals surface area contributed by atoms with E-state index < -0.39 is 0 Å². The Morgan fingerprint density at radius 1 is 1.24 bits per heavy atom. The van der Waals surface area contributed by atoms with Gasteiger partial charge in [-0.05, 0) is 44.5 Å². The van der Waals surface area contributed by atoms with E-state index in [0.717, 1.165) is 38.3 Å². The molecule has 0 radical (unpaired) electrons. The lowest BCUT2D eigenvalue weighted by Gasteiger charge is -2.22. The van der Waals surface area contributed by atoms with Crippen LogP contribution in [0.3, 0.4) is 0 Å². The van der Waals surface area contributed by atoms with Crippen molar-refractivity contribution in [1.29, 1.82) is 0 Å². The third-order valence-corrected chi connectivity index (χ3v) is 2.87. The van der Waals surface area contributed by atoms with Crippen LogP contribution in [0, 0.1) is 0 Å². The minimum absolute atomic E-state index is 0.909. The summed E-state index contributed by atoms with van der Waals surface area (Å²) < 4.78 is 0. The normalized spacial score (nSPS) is 10.6. The fourth-order valence-corrected chi connectivity index (χ4v) is 1.99. The van der Waals surface area contributed by atoms with Gasteiger partial charge < -0.3 is 10.2 Å². The first-order valence-corrected chi connectivity index (χ1v) is 6.64. The fraction of sp³-hybridized carbons (Fsp3) is 0.643. The fourth-order valence-electron chi connectivity index (χ4n) is 1.99. The molecule has 0 unspecified atom stereocenters. The molecule has 0 amide bonds. The summed E-state index contributed by atoms with van der Waals surface area (Å²) in [6.45, 7) is 9.56. The molecule has 1 N–H and O–H groups in total. The van der Waals surface area contributed by atoms with Crippen molar-refractivity contribution in [3.63, 3.8) is 0 Å². The lowest BCUT2D eigenvalue weighted by molar-refractivity contribution is 0.765. The minimum atomic E-state index is 0.909. The number of pyridine rings is 1. The molecule has 0 aliphatic rings. The summed E-state index contributed by atoms with van der Waals surface area (Å²) in [5.74, 6) is 1.12. The molecular formula is C14H25N3. The molecule has 1 heterocycles. The summed E-state index contributed by atoms with van der Waals surface area (Å²) in [6, 6.07) is 4.40. The maximum atomic E-state index is 4.72. The highest BCUT2D eigenvalue weighted by atomic mass is 15.2. The summed E-state index contributed by atoms with van der Waals surface area (Å²) >= 11 is 0. The van der Waals surface area contributed by atoms with Crippen molar-refractivity contribution in [2.24, 2.45) is 0 Å². The van der Waals surface area contributed by atoms with Gasteiger partial charge in [0.2, 0.25) is 0 Å². The topological polar surface area (TPSA) is 28.2 Å². The molecule has 0 aromatic carbocycles. The van der Waals surface area contributed by atoms with E-state index in [2.05, 4.69) is 43.1 Å². The molecule has 0 saturated heterocycles. The Labute approximate surface area is 105 Å². The van der Waals surface area contributed by atoms with Gasteiger partial charge in [-0.1, -0.05) is 13.8 Å². The van der Waals surface area contributed by atoms with Crippen molar-refractivity contribution >= 4 is 5.82 Å². The number of nitrogens with zero attached hydrogens (tertiary/aromatic N) is 2. The smallest absolute Gasteiger partial charge is 0.129 e. The van der Waals surface area contributed by atoms with Gasteiger partial charge in [-0.15, -0.1) is 0 Å². The molecule has 1 rings (SSSR count). The first-order valence-electron chi connectivity index (χ1n) is 6.64. The molecule has 0 bridgehead atoms. The van der Waals surface area contributed by atoms with Crippen LogP contribution in [0.5, 0.6) is 0 Å². The van der Waals surface area contributed by atoms with E-state index in [4.69, 9.17) is 4.98 Å². The van der Waals surface area contributed by atoms with Crippen LogP contribution in [0.4, 0.5) is 5.82 Å². The van der Waals surface area contributed by atoms with Gasteiger partial charge in [0.25, 0.3) is 0 Å². The Hall–Kier alpha value is -1.09. The summed E-state index contributed by atoms with van der Waals surface area (Å²) in [6.07, 6.45) is 2.15.